The van der Waals surface area contributed by atoms with Gasteiger partial charge < -0.3 is 14.6 Å². The number of nitrogens with one attached hydrogen (secondary N) is 1. The fourth-order valence-electron chi connectivity index (χ4n) is 1.66. The number of hydrogen-bond donors (Lipinski definition) is 1. The molecule has 2 aromatic rings. The number of aromatic nitrogens is 2. The topological polar surface area (TPSA) is 60.2 Å². The first-order valence-corrected chi connectivity index (χ1v) is 6.44. The van der Waals surface area contributed by atoms with Gasteiger partial charge in [-0.25, -0.2) is 0 Å². The fourth-order valence-corrected chi connectivity index (χ4v) is 1.66. The van der Waals surface area contributed by atoms with Crippen LogP contribution in [0.1, 0.15) is 37.2 Å². The lowest BCUT2D eigenvalue weighted by atomic mass is 10.1. The highest BCUT2D eigenvalue weighted by Crippen LogP contribution is 2.18. The smallest absolute Gasteiger partial charge is 0.264 e. The van der Waals surface area contributed by atoms with Crippen LogP contribution in [0.4, 0.5) is 0 Å². The van der Waals surface area contributed by atoms with Crippen LogP contribution < -0.4 is 10.1 Å². The maximum absolute atomic E-state index is 5.60. The van der Waals surface area contributed by atoms with E-state index in [1.54, 1.807) is 0 Å². The van der Waals surface area contributed by atoms with Crippen LogP contribution in [0.2, 0.25) is 0 Å². The fraction of sp³-hybridized carbons (Fsp3) is 0.429. The van der Waals surface area contributed by atoms with Crippen LogP contribution >= 0.6 is 0 Å². The molecule has 0 saturated heterocycles. The normalized spacial score (nSPS) is 12.4. The summed E-state index contributed by atoms with van der Waals surface area (Å²) in [6, 6.07) is 8.31. The first-order chi connectivity index (χ1) is 9.22. The summed E-state index contributed by atoms with van der Waals surface area (Å²) in [7, 11) is 1.94. The summed E-state index contributed by atoms with van der Waals surface area (Å²) < 4.78 is 10.7. The second kappa shape index (κ2) is 6.33. The van der Waals surface area contributed by atoms with E-state index < -0.39 is 0 Å². The molecule has 1 unspecified atom stereocenters. The molecule has 1 aromatic carbocycles. The minimum atomic E-state index is 0.300. The SMILES string of the molecule is CCc1noc(COc2ccc(C(C)NC)cc2)n1. The lowest BCUT2D eigenvalue weighted by molar-refractivity contribution is 0.242. The predicted octanol–water partition coefficient (Wildman–Crippen LogP) is 2.49. The van der Waals surface area contributed by atoms with E-state index in [0.717, 1.165) is 12.2 Å². The van der Waals surface area contributed by atoms with E-state index in [4.69, 9.17) is 9.26 Å². The van der Waals surface area contributed by atoms with Gasteiger partial charge in [0.1, 0.15) is 5.75 Å². The Morgan fingerprint density at radius 2 is 2.05 bits per heavy atom. The zero-order valence-electron chi connectivity index (χ0n) is 11.5. The van der Waals surface area contributed by atoms with Crippen molar-refractivity contribution in [1.29, 1.82) is 0 Å². The van der Waals surface area contributed by atoms with E-state index in [2.05, 4.69) is 22.4 Å². The number of rotatable bonds is 6. The average molecular weight is 261 g/mol. The van der Waals surface area contributed by atoms with Crippen LogP contribution in [-0.2, 0) is 13.0 Å². The number of hydrogen-bond acceptors (Lipinski definition) is 5. The van der Waals surface area contributed by atoms with E-state index in [0.29, 0.717) is 24.4 Å². The maximum atomic E-state index is 5.60. The van der Waals surface area contributed by atoms with Gasteiger partial charge in [0.2, 0.25) is 0 Å². The number of benzene rings is 1. The van der Waals surface area contributed by atoms with E-state index >= 15 is 0 Å². The van der Waals surface area contributed by atoms with Crippen molar-refractivity contribution in [2.45, 2.75) is 32.9 Å². The Hall–Kier alpha value is -1.88. The van der Waals surface area contributed by atoms with Crippen molar-refractivity contribution in [1.82, 2.24) is 15.5 Å². The second-order valence-electron chi connectivity index (χ2n) is 4.33. The van der Waals surface area contributed by atoms with Crippen molar-refractivity contribution in [3.05, 3.63) is 41.5 Å². The third-order valence-corrected chi connectivity index (χ3v) is 3.00. The Labute approximate surface area is 113 Å². The molecule has 1 heterocycles. The van der Waals surface area contributed by atoms with Gasteiger partial charge in [-0.2, -0.15) is 4.98 Å². The molecule has 102 valence electrons. The van der Waals surface area contributed by atoms with E-state index in [-0.39, 0.29) is 0 Å². The van der Waals surface area contributed by atoms with Gasteiger partial charge in [-0.05, 0) is 31.7 Å². The minimum absolute atomic E-state index is 0.300. The van der Waals surface area contributed by atoms with Gasteiger partial charge in [0.05, 0.1) is 0 Å². The lowest BCUT2D eigenvalue weighted by Gasteiger charge is -2.11. The third kappa shape index (κ3) is 3.54. The Bertz CT molecular complexity index is 508. The first-order valence-electron chi connectivity index (χ1n) is 6.44. The highest BCUT2D eigenvalue weighted by molar-refractivity contribution is 5.28. The van der Waals surface area contributed by atoms with Crippen LogP contribution in [-0.4, -0.2) is 17.2 Å². The predicted molar refractivity (Wildman–Crippen MR) is 71.9 cm³/mol. The average Bonchev–Trinajstić information content (AvgIpc) is 2.93. The highest BCUT2D eigenvalue weighted by atomic mass is 16.5. The van der Waals surface area contributed by atoms with Gasteiger partial charge in [-0.15, -0.1) is 0 Å². The molecule has 0 aliphatic rings. The van der Waals surface area contributed by atoms with Crippen molar-refractivity contribution < 1.29 is 9.26 Å². The molecule has 0 saturated carbocycles. The molecule has 0 spiro atoms. The molecule has 0 radical (unpaired) electrons. The first kappa shape index (κ1) is 13.5. The van der Waals surface area contributed by atoms with Crippen LogP contribution in [0, 0.1) is 0 Å². The molecule has 0 bridgehead atoms. The third-order valence-electron chi connectivity index (χ3n) is 3.00. The molecule has 2 rings (SSSR count). The minimum Gasteiger partial charge on any atom is -0.484 e. The van der Waals surface area contributed by atoms with E-state index in [9.17, 15) is 0 Å². The molecule has 1 N–H and O–H groups in total. The molecule has 19 heavy (non-hydrogen) atoms. The quantitative estimate of drug-likeness (QED) is 0.865. The van der Waals surface area contributed by atoms with Gasteiger partial charge in [-0.3, -0.25) is 0 Å². The highest BCUT2D eigenvalue weighted by Gasteiger charge is 2.06. The number of ether oxygens (including phenoxy) is 1. The monoisotopic (exact) mass is 261 g/mol. The molecule has 1 aromatic heterocycles. The molecule has 1 atom stereocenters. The molecule has 0 aliphatic carbocycles. The van der Waals surface area contributed by atoms with Gasteiger partial charge in [0, 0.05) is 12.5 Å². The van der Waals surface area contributed by atoms with Crippen molar-refractivity contribution in [2.24, 2.45) is 0 Å². The zero-order valence-corrected chi connectivity index (χ0v) is 11.5. The summed E-state index contributed by atoms with van der Waals surface area (Å²) in [6.45, 7) is 4.39. The Morgan fingerprint density at radius 1 is 1.32 bits per heavy atom. The molecule has 0 amide bonds. The second-order valence-corrected chi connectivity index (χ2v) is 4.33. The largest absolute Gasteiger partial charge is 0.484 e. The molecule has 0 fully saturated rings. The summed E-state index contributed by atoms with van der Waals surface area (Å²) in [6.07, 6.45) is 0.764. The van der Waals surface area contributed by atoms with Gasteiger partial charge in [0.25, 0.3) is 5.89 Å². The molecular formula is C14H19N3O2. The Kier molecular flexibility index (Phi) is 4.52. The number of aryl methyl sites for hydroxylation is 1. The van der Waals surface area contributed by atoms with E-state index in [1.807, 2.05) is 38.2 Å². The van der Waals surface area contributed by atoms with Crippen LogP contribution in [0.25, 0.3) is 0 Å². The van der Waals surface area contributed by atoms with Crippen LogP contribution in [0.15, 0.2) is 28.8 Å². The van der Waals surface area contributed by atoms with Crippen LogP contribution in [0.3, 0.4) is 0 Å². The summed E-state index contributed by atoms with van der Waals surface area (Å²) in [5, 5.41) is 7.01. The Balaban J connectivity index is 1.92. The van der Waals surface area contributed by atoms with E-state index in [1.165, 1.54) is 5.56 Å². The molecule has 5 heteroatoms. The van der Waals surface area contributed by atoms with Crippen LogP contribution in [0.5, 0.6) is 5.75 Å². The molecular weight excluding hydrogens is 242 g/mol. The molecule has 0 aliphatic heterocycles. The van der Waals surface area contributed by atoms with Crippen molar-refractivity contribution in [2.75, 3.05) is 7.05 Å². The summed E-state index contributed by atoms with van der Waals surface area (Å²) in [4.78, 5) is 4.19. The van der Waals surface area contributed by atoms with Crippen molar-refractivity contribution in [3.63, 3.8) is 0 Å². The van der Waals surface area contributed by atoms with Gasteiger partial charge in [0.15, 0.2) is 12.4 Å². The van der Waals surface area contributed by atoms with Gasteiger partial charge >= 0.3 is 0 Å². The molecule has 5 nitrogen and oxygen atoms in total. The maximum Gasteiger partial charge on any atom is 0.264 e. The standard InChI is InChI=1S/C14H19N3O2/c1-4-13-16-14(19-17-13)9-18-12-7-5-11(6-8-12)10(2)15-3/h5-8,10,15H,4,9H2,1-3H3. The summed E-state index contributed by atoms with van der Waals surface area (Å²) in [5.74, 6) is 2.00. The van der Waals surface area contributed by atoms with Crippen molar-refractivity contribution >= 4 is 0 Å². The lowest BCUT2D eigenvalue weighted by Crippen LogP contribution is -2.11. The van der Waals surface area contributed by atoms with Crippen molar-refractivity contribution in [3.8, 4) is 5.75 Å². The summed E-state index contributed by atoms with van der Waals surface area (Å²) >= 11 is 0. The summed E-state index contributed by atoms with van der Waals surface area (Å²) in [5.41, 5.74) is 1.22. The van der Waals surface area contributed by atoms with Gasteiger partial charge in [-0.1, -0.05) is 24.2 Å². The Morgan fingerprint density at radius 3 is 2.63 bits per heavy atom. The number of nitrogens with zero attached hydrogens (tertiary/aromatic N) is 2. The zero-order chi connectivity index (χ0) is 13.7.